The number of nitrogens with zero attached hydrogens (tertiary/aromatic N) is 3. The molecule has 0 radical (unpaired) electrons. The molecule has 0 aliphatic carbocycles. The van der Waals surface area contributed by atoms with Crippen LogP contribution in [0.15, 0.2) is 41.8 Å². The van der Waals surface area contributed by atoms with E-state index in [1.54, 1.807) is 17.4 Å². The van der Waals surface area contributed by atoms with E-state index in [0.717, 1.165) is 39.4 Å². The van der Waals surface area contributed by atoms with Crippen molar-refractivity contribution in [3.8, 4) is 0 Å². The summed E-state index contributed by atoms with van der Waals surface area (Å²) in [5, 5.41) is 9.48. The minimum atomic E-state index is -0.282. The Morgan fingerprint density at radius 2 is 2.07 bits per heavy atom. The van der Waals surface area contributed by atoms with Gasteiger partial charge in [0.2, 0.25) is 0 Å². The lowest BCUT2D eigenvalue weighted by atomic mass is 10.2. The van der Waals surface area contributed by atoms with Crippen molar-refractivity contribution in [2.45, 2.75) is 33.9 Å². The molecule has 5 nitrogen and oxygen atoms in total. The van der Waals surface area contributed by atoms with Gasteiger partial charge in [0.1, 0.15) is 11.5 Å². The maximum atomic E-state index is 13.6. The highest BCUT2D eigenvalue weighted by Crippen LogP contribution is 2.28. The number of nitrogens with one attached hydrogen (secondary N) is 1. The molecule has 4 rings (SSSR count). The first-order valence-electron chi connectivity index (χ1n) is 9.14. The first-order valence-corrected chi connectivity index (χ1v) is 10.0. The number of benzene rings is 1. The third-order valence-electron chi connectivity index (χ3n) is 4.90. The quantitative estimate of drug-likeness (QED) is 0.517. The van der Waals surface area contributed by atoms with Crippen LogP contribution in [0.2, 0.25) is 0 Å². The minimum absolute atomic E-state index is 0.193. The van der Waals surface area contributed by atoms with Gasteiger partial charge in [0.15, 0.2) is 0 Å². The normalized spacial score (nSPS) is 11.3. The van der Waals surface area contributed by atoms with E-state index in [-0.39, 0.29) is 11.7 Å². The molecule has 0 spiro atoms. The maximum Gasteiger partial charge on any atom is 0.272 e. The zero-order valence-corrected chi connectivity index (χ0v) is 16.8. The predicted molar refractivity (Wildman–Crippen MR) is 111 cm³/mol. The first-order chi connectivity index (χ1) is 13.5. The molecule has 0 aliphatic heterocycles. The summed E-state index contributed by atoms with van der Waals surface area (Å²) in [6, 6.07) is 10.3. The van der Waals surface area contributed by atoms with E-state index < -0.39 is 0 Å². The minimum Gasteiger partial charge on any atom is -0.331 e. The topological polar surface area (TPSA) is 51.9 Å². The van der Waals surface area contributed by atoms with Crippen molar-refractivity contribution in [2.24, 2.45) is 0 Å². The SMILES string of the molecule is CCn1nc(C)c(NC(=O)c2cc3sccc3n2Cc2cccc(F)c2)c1C. The Labute approximate surface area is 166 Å². The van der Waals surface area contributed by atoms with Crippen molar-refractivity contribution < 1.29 is 9.18 Å². The molecule has 1 N–H and O–H groups in total. The van der Waals surface area contributed by atoms with Crippen LogP contribution >= 0.6 is 11.3 Å². The highest BCUT2D eigenvalue weighted by Gasteiger charge is 2.20. The molecule has 0 atom stereocenters. The van der Waals surface area contributed by atoms with Crippen LogP contribution < -0.4 is 5.32 Å². The number of thiophene rings is 1. The summed E-state index contributed by atoms with van der Waals surface area (Å²) in [5.74, 6) is -0.475. The molecule has 0 bridgehead atoms. The summed E-state index contributed by atoms with van der Waals surface area (Å²) in [5.41, 5.74) is 4.79. The zero-order chi connectivity index (χ0) is 19.8. The molecule has 3 aromatic heterocycles. The van der Waals surface area contributed by atoms with Gasteiger partial charge in [-0.15, -0.1) is 11.3 Å². The molecule has 144 valence electrons. The van der Waals surface area contributed by atoms with Gasteiger partial charge in [-0.2, -0.15) is 5.10 Å². The number of rotatable bonds is 5. The van der Waals surface area contributed by atoms with Crippen molar-refractivity contribution in [3.05, 3.63) is 70.2 Å². The molecule has 7 heteroatoms. The average Bonchev–Trinajstić information content (AvgIpc) is 3.32. The Morgan fingerprint density at radius 3 is 2.79 bits per heavy atom. The monoisotopic (exact) mass is 396 g/mol. The van der Waals surface area contributed by atoms with Gasteiger partial charge in [0.25, 0.3) is 5.91 Å². The Bertz CT molecular complexity index is 1170. The lowest BCUT2D eigenvalue weighted by Crippen LogP contribution is -2.18. The highest BCUT2D eigenvalue weighted by molar-refractivity contribution is 7.17. The van der Waals surface area contributed by atoms with E-state index in [2.05, 4.69) is 10.4 Å². The van der Waals surface area contributed by atoms with Crippen LogP contribution in [0.25, 0.3) is 10.2 Å². The zero-order valence-electron chi connectivity index (χ0n) is 16.0. The Kier molecular flexibility index (Phi) is 4.77. The summed E-state index contributed by atoms with van der Waals surface area (Å²) < 4.78 is 18.5. The summed E-state index contributed by atoms with van der Waals surface area (Å²) in [4.78, 5) is 13.1. The second-order valence-electron chi connectivity index (χ2n) is 6.73. The van der Waals surface area contributed by atoms with E-state index in [1.165, 1.54) is 12.1 Å². The van der Waals surface area contributed by atoms with Gasteiger partial charge < -0.3 is 9.88 Å². The number of aryl methyl sites for hydroxylation is 2. The number of halogens is 1. The standard InChI is InChI=1S/C21H21FN4OS/c1-4-26-14(3)20(13(2)24-26)23-21(27)18-11-19-17(8-9-28-19)25(18)12-15-6-5-7-16(22)10-15/h5-11H,4,12H2,1-3H3,(H,23,27). The third-order valence-corrected chi connectivity index (χ3v) is 5.76. The van der Waals surface area contributed by atoms with Crippen molar-refractivity contribution in [3.63, 3.8) is 0 Å². The largest absolute Gasteiger partial charge is 0.331 e. The predicted octanol–water partition coefficient (Wildman–Crippen LogP) is 4.98. The molecular formula is C21H21FN4OS. The van der Waals surface area contributed by atoms with Gasteiger partial charge in [0.05, 0.1) is 27.3 Å². The second-order valence-corrected chi connectivity index (χ2v) is 7.68. The summed E-state index contributed by atoms with van der Waals surface area (Å²) in [6.07, 6.45) is 0. The third kappa shape index (κ3) is 3.22. The van der Waals surface area contributed by atoms with Crippen molar-refractivity contribution >= 4 is 33.1 Å². The molecule has 3 heterocycles. The fourth-order valence-corrected chi connectivity index (χ4v) is 4.34. The van der Waals surface area contributed by atoms with Gasteiger partial charge in [-0.1, -0.05) is 12.1 Å². The Balaban J connectivity index is 1.71. The fraction of sp³-hybridized carbons (Fsp3) is 0.238. The number of carbonyl (C=O) groups is 1. The van der Waals surface area contributed by atoms with Crippen LogP contribution in [0.1, 0.15) is 34.4 Å². The molecule has 1 amide bonds. The van der Waals surface area contributed by atoms with Gasteiger partial charge in [-0.25, -0.2) is 4.39 Å². The van der Waals surface area contributed by atoms with Crippen LogP contribution in [0.4, 0.5) is 10.1 Å². The van der Waals surface area contributed by atoms with Gasteiger partial charge in [-0.05, 0) is 56.0 Å². The second kappa shape index (κ2) is 7.24. The van der Waals surface area contributed by atoms with Crippen molar-refractivity contribution in [1.29, 1.82) is 0 Å². The van der Waals surface area contributed by atoms with E-state index in [4.69, 9.17) is 0 Å². The number of hydrogen-bond donors (Lipinski definition) is 1. The number of anilines is 1. The number of fused-ring (bicyclic) bond motifs is 1. The molecule has 0 aliphatic rings. The fourth-order valence-electron chi connectivity index (χ4n) is 3.52. The average molecular weight is 396 g/mol. The van der Waals surface area contributed by atoms with Crippen molar-refractivity contribution in [2.75, 3.05) is 5.32 Å². The number of amides is 1. The van der Waals surface area contributed by atoms with Crippen LogP contribution in [0.3, 0.4) is 0 Å². The highest BCUT2D eigenvalue weighted by atomic mass is 32.1. The van der Waals surface area contributed by atoms with E-state index >= 15 is 0 Å². The van der Waals surface area contributed by atoms with E-state index in [0.29, 0.717) is 12.2 Å². The summed E-state index contributed by atoms with van der Waals surface area (Å²) in [7, 11) is 0. The molecule has 28 heavy (non-hydrogen) atoms. The first kappa shape index (κ1) is 18.4. The molecule has 0 saturated heterocycles. The number of aromatic nitrogens is 3. The molecule has 0 unspecified atom stereocenters. The lowest BCUT2D eigenvalue weighted by Gasteiger charge is -2.11. The van der Waals surface area contributed by atoms with Gasteiger partial charge in [-0.3, -0.25) is 9.48 Å². The van der Waals surface area contributed by atoms with Crippen LogP contribution in [-0.2, 0) is 13.1 Å². The van der Waals surface area contributed by atoms with Gasteiger partial charge >= 0.3 is 0 Å². The molecule has 0 fully saturated rings. The van der Waals surface area contributed by atoms with E-state index in [1.807, 2.05) is 53.6 Å². The molecule has 4 aromatic rings. The van der Waals surface area contributed by atoms with Crippen LogP contribution in [-0.4, -0.2) is 20.3 Å². The van der Waals surface area contributed by atoms with Crippen LogP contribution in [0, 0.1) is 19.7 Å². The molecular weight excluding hydrogens is 375 g/mol. The number of hydrogen-bond acceptors (Lipinski definition) is 3. The smallest absolute Gasteiger partial charge is 0.272 e. The van der Waals surface area contributed by atoms with Crippen LogP contribution in [0.5, 0.6) is 0 Å². The number of carbonyl (C=O) groups excluding carboxylic acids is 1. The summed E-state index contributed by atoms with van der Waals surface area (Å²) in [6.45, 7) is 7.02. The van der Waals surface area contributed by atoms with Crippen molar-refractivity contribution in [1.82, 2.24) is 14.3 Å². The lowest BCUT2D eigenvalue weighted by molar-refractivity contribution is 0.101. The van der Waals surface area contributed by atoms with Gasteiger partial charge in [0, 0.05) is 13.1 Å². The molecule has 1 aromatic carbocycles. The molecule has 0 saturated carbocycles. The maximum absolute atomic E-state index is 13.6. The summed E-state index contributed by atoms with van der Waals surface area (Å²) >= 11 is 1.58. The Hall–Kier alpha value is -2.93. The van der Waals surface area contributed by atoms with E-state index in [9.17, 15) is 9.18 Å². The Morgan fingerprint density at radius 1 is 1.25 bits per heavy atom.